The summed E-state index contributed by atoms with van der Waals surface area (Å²) in [4.78, 5) is 19.2. The summed E-state index contributed by atoms with van der Waals surface area (Å²) in [6.07, 6.45) is 2.36. The summed E-state index contributed by atoms with van der Waals surface area (Å²) in [6, 6.07) is 1.52. The molecule has 104 valence electrons. The second kappa shape index (κ2) is 5.42. The van der Waals surface area contributed by atoms with Crippen molar-refractivity contribution in [2.24, 2.45) is 5.73 Å². The van der Waals surface area contributed by atoms with Crippen molar-refractivity contribution in [1.82, 2.24) is 9.97 Å². The number of hydrogen-bond donors (Lipinski definition) is 1. The molecule has 2 aromatic rings. The molecule has 0 radical (unpaired) electrons. The summed E-state index contributed by atoms with van der Waals surface area (Å²) in [5, 5.41) is -0.0780. The molecule has 2 aromatic heterocycles. The van der Waals surface area contributed by atoms with Crippen LogP contribution in [0.25, 0.3) is 11.1 Å². The summed E-state index contributed by atoms with van der Waals surface area (Å²) in [5.41, 5.74) is 6.07. The van der Waals surface area contributed by atoms with Crippen LogP contribution in [-0.2, 0) is 0 Å². The largest absolute Gasteiger partial charge is 0.494 e. The van der Waals surface area contributed by atoms with E-state index in [0.29, 0.717) is 5.69 Å². The predicted octanol–water partition coefficient (Wildman–Crippen LogP) is 2.35. The van der Waals surface area contributed by atoms with Crippen LogP contribution in [0.3, 0.4) is 0 Å². The summed E-state index contributed by atoms with van der Waals surface area (Å²) >= 11 is 5.94. The van der Waals surface area contributed by atoms with E-state index < -0.39 is 11.7 Å². The number of nitrogens with two attached hydrogens (primary N) is 1. The highest BCUT2D eigenvalue weighted by molar-refractivity contribution is 6.33. The number of amides is 1. The molecule has 0 saturated heterocycles. The fourth-order valence-corrected chi connectivity index (χ4v) is 2.23. The standard InChI is InChI=1S/C13H11ClFN3O2/c1-6-3-7(11(13(16)19)12(14)18-6)10-8(15)4-17-5-9(10)20-2/h3-5H,1-2H3,(H2,16,19). The van der Waals surface area contributed by atoms with Crippen molar-refractivity contribution in [3.05, 3.63) is 40.7 Å². The van der Waals surface area contributed by atoms with E-state index in [1.54, 1.807) is 6.92 Å². The van der Waals surface area contributed by atoms with Crippen molar-refractivity contribution in [2.75, 3.05) is 7.11 Å². The van der Waals surface area contributed by atoms with Gasteiger partial charge in [-0.1, -0.05) is 11.6 Å². The Hall–Kier alpha value is -2.21. The summed E-state index contributed by atoms with van der Waals surface area (Å²) in [5.74, 6) is -1.27. The average molecular weight is 296 g/mol. The van der Waals surface area contributed by atoms with E-state index >= 15 is 0 Å². The van der Waals surface area contributed by atoms with E-state index in [-0.39, 0.29) is 27.6 Å². The minimum absolute atomic E-state index is 0.0549. The van der Waals surface area contributed by atoms with Crippen LogP contribution in [0.5, 0.6) is 5.75 Å². The number of primary amides is 1. The molecular weight excluding hydrogens is 285 g/mol. The Morgan fingerprint density at radius 1 is 1.45 bits per heavy atom. The van der Waals surface area contributed by atoms with Gasteiger partial charge in [0, 0.05) is 11.3 Å². The molecular formula is C13H11ClFN3O2. The molecule has 0 aliphatic carbocycles. The van der Waals surface area contributed by atoms with Crippen LogP contribution in [-0.4, -0.2) is 23.0 Å². The molecule has 0 spiro atoms. The van der Waals surface area contributed by atoms with Crippen LogP contribution in [0.15, 0.2) is 18.5 Å². The van der Waals surface area contributed by atoms with Crippen molar-refractivity contribution in [2.45, 2.75) is 6.92 Å². The van der Waals surface area contributed by atoms with Crippen LogP contribution in [0.1, 0.15) is 16.1 Å². The third kappa shape index (κ3) is 2.42. The molecule has 7 heteroatoms. The fourth-order valence-electron chi connectivity index (χ4n) is 1.90. The van der Waals surface area contributed by atoms with Crippen LogP contribution in [0.4, 0.5) is 4.39 Å². The molecule has 5 nitrogen and oxygen atoms in total. The summed E-state index contributed by atoms with van der Waals surface area (Å²) in [6.45, 7) is 1.67. The maximum Gasteiger partial charge on any atom is 0.252 e. The summed E-state index contributed by atoms with van der Waals surface area (Å²) < 4.78 is 19.1. The number of nitrogens with zero attached hydrogens (tertiary/aromatic N) is 2. The first-order valence-electron chi connectivity index (χ1n) is 5.60. The number of hydrogen-bond acceptors (Lipinski definition) is 4. The molecule has 2 heterocycles. The lowest BCUT2D eigenvalue weighted by Crippen LogP contribution is -2.15. The average Bonchev–Trinajstić information content (AvgIpc) is 2.36. The van der Waals surface area contributed by atoms with Crippen molar-refractivity contribution in [1.29, 1.82) is 0 Å². The number of carbonyl (C=O) groups is 1. The first-order chi connectivity index (χ1) is 9.45. The molecule has 1 amide bonds. The highest BCUT2D eigenvalue weighted by atomic mass is 35.5. The zero-order valence-electron chi connectivity index (χ0n) is 10.8. The Kier molecular flexibility index (Phi) is 3.85. The third-order valence-electron chi connectivity index (χ3n) is 2.70. The Bertz CT molecular complexity index is 692. The maximum absolute atomic E-state index is 14.1. The molecule has 2 rings (SSSR count). The molecule has 0 atom stereocenters. The lowest BCUT2D eigenvalue weighted by molar-refractivity contribution is 0.100. The molecule has 0 unspecified atom stereocenters. The number of aromatic nitrogens is 2. The molecule has 2 N–H and O–H groups in total. The van der Waals surface area contributed by atoms with Gasteiger partial charge in [-0.25, -0.2) is 9.37 Å². The van der Waals surface area contributed by atoms with Gasteiger partial charge in [-0.15, -0.1) is 0 Å². The molecule has 0 fully saturated rings. The second-order valence-corrected chi connectivity index (χ2v) is 4.40. The zero-order valence-corrected chi connectivity index (χ0v) is 11.5. The topological polar surface area (TPSA) is 78.1 Å². The number of halogens is 2. The van der Waals surface area contributed by atoms with Crippen LogP contribution < -0.4 is 10.5 Å². The monoisotopic (exact) mass is 295 g/mol. The lowest BCUT2D eigenvalue weighted by atomic mass is 10.00. The van der Waals surface area contributed by atoms with Crippen molar-refractivity contribution < 1.29 is 13.9 Å². The second-order valence-electron chi connectivity index (χ2n) is 4.04. The van der Waals surface area contributed by atoms with E-state index in [1.165, 1.54) is 19.4 Å². The number of rotatable bonds is 3. The summed E-state index contributed by atoms with van der Waals surface area (Å²) in [7, 11) is 1.37. The normalized spacial score (nSPS) is 10.4. The van der Waals surface area contributed by atoms with Gasteiger partial charge < -0.3 is 10.5 Å². The number of carbonyl (C=O) groups excluding carboxylic acids is 1. The van der Waals surface area contributed by atoms with Crippen LogP contribution in [0.2, 0.25) is 5.15 Å². The minimum atomic E-state index is -0.796. The van der Waals surface area contributed by atoms with Gasteiger partial charge in [-0.2, -0.15) is 0 Å². The quantitative estimate of drug-likeness (QED) is 0.882. The van der Waals surface area contributed by atoms with Gasteiger partial charge in [0.05, 0.1) is 30.6 Å². The van der Waals surface area contributed by atoms with Gasteiger partial charge in [-0.3, -0.25) is 9.78 Å². The molecule has 0 bridgehead atoms. The Morgan fingerprint density at radius 3 is 2.75 bits per heavy atom. The van der Waals surface area contributed by atoms with Crippen molar-refractivity contribution in [3.63, 3.8) is 0 Å². The van der Waals surface area contributed by atoms with E-state index in [0.717, 1.165) is 6.20 Å². The first kappa shape index (κ1) is 14.2. The van der Waals surface area contributed by atoms with E-state index in [9.17, 15) is 9.18 Å². The SMILES string of the molecule is COc1cncc(F)c1-c1cc(C)nc(Cl)c1C(N)=O. The third-order valence-corrected chi connectivity index (χ3v) is 2.98. The smallest absolute Gasteiger partial charge is 0.252 e. The minimum Gasteiger partial charge on any atom is -0.494 e. The van der Waals surface area contributed by atoms with Crippen molar-refractivity contribution in [3.8, 4) is 16.9 Å². The van der Waals surface area contributed by atoms with Gasteiger partial charge in [0.15, 0.2) is 5.82 Å². The zero-order chi connectivity index (χ0) is 14.9. The van der Waals surface area contributed by atoms with Gasteiger partial charge in [0.25, 0.3) is 5.91 Å². The highest BCUT2D eigenvalue weighted by Gasteiger charge is 2.22. The Morgan fingerprint density at radius 2 is 2.15 bits per heavy atom. The van der Waals surface area contributed by atoms with Crippen molar-refractivity contribution >= 4 is 17.5 Å². The fraction of sp³-hybridized carbons (Fsp3) is 0.154. The van der Waals surface area contributed by atoms with E-state index in [4.69, 9.17) is 22.1 Å². The van der Waals surface area contributed by atoms with Gasteiger partial charge >= 0.3 is 0 Å². The lowest BCUT2D eigenvalue weighted by Gasteiger charge is -2.13. The molecule has 0 aliphatic heterocycles. The Labute approximate surface area is 119 Å². The molecule has 0 aromatic carbocycles. The van der Waals surface area contributed by atoms with E-state index in [1.807, 2.05) is 0 Å². The number of methoxy groups -OCH3 is 1. The number of aryl methyl sites for hydroxylation is 1. The first-order valence-corrected chi connectivity index (χ1v) is 5.98. The van der Waals surface area contributed by atoms with Gasteiger partial charge in [-0.05, 0) is 13.0 Å². The molecule has 20 heavy (non-hydrogen) atoms. The molecule has 0 saturated carbocycles. The van der Waals surface area contributed by atoms with Gasteiger partial charge in [0.2, 0.25) is 0 Å². The number of pyridine rings is 2. The van der Waals surface area contributed by atoms with Crippen LogP contribution >= 0.6 is 11.6 Å². The van der Waals surface area contributed by atoms with Crippen LogP contribution in [0, 0.1) is 12.7 Å². The van der Waals surface area contributed by atoms with Gasteiger partial charge in [0.1, 0.15) is 10.9 Å². The predicted molar refractivity (Wildman–Crippen MR) is 72.2 cm³/mol. The van der Waals surface area contributed by atoms with E-state index in [2.05, 4.69) is 9.97 Å². The Balaban J connectivity index is 2.85. The highest BCUT2D eigenvalue weighted by Crippen LogP contribution is 2.36. The maximum atomic E-state index is 14.1. The number of ether oxygens (including phenoxy) is 1. The molecule has 0 aliphatic rings.